The Labute approximate surface area is 181 Å². The number of benzene rings is 2. The molecule has 0 aliphatic rings. The Morgan fingerprint density at radius 1 is 0.900 bits per heavy atom. The number of anilines is 1. The lowest BCUT2D eigenvalue weighted by atomic mass is 10.0. The van der Waals surface area contributed by atoms with Crippen molar-refractivity contribution in [2.75, 3.05) is 11.9 Å². The standard InChI is InChI=1S/C24H22ClN5/c25-20-8-6-18(7-9-20)22-16-29-24(30-23(22)19-10-12-27-13-11-19)28-15-21(26)14-17-4-2-1-3-5-17/h1-13,16,21H,14-15,26H2,(H,28,29,30). The van der Waals surface area contributed by atoms with E-state index < -0.39 is 0 Å². The first kappa shape index (κ1) is 20.0. The minimum Gasteiger partial charge on any atom is -0.353 e. The molecule has 2 aromatic carbocycles. The number of aromatic nitrogens is 3. The number of hydrogen-bond donors (Lipinski definition) is 2. The van der Waals surface area contributed by atoms with E-state index in [1.165, 1.54) is 5.56 Å². The quantitative estimate of drug-likeness (QED) is 0.451. The molecule has 0 amide bonds. The van der Waals surface area contributed by atoms with E-state index in [0.717, 1.165) is 28.8 Å². The maximum atomic E-state index is 6.30. The van der Waals surface area contributed by atoms with E-state index in [-0.39, 0.29) is 6.04 Å². The van der Waals surface area contributed by atoms with Crippen molar-refractivity contribution >= 4 is 17.5 Å². The lowest BCUT2D eigenvalue weighted by Crippen LogP contribution is -2.31. The Bertz CT molecular complexity index is 1090. The summed E-state index contributed by atoms with van der Waals surface area (Å²) < 4.78 is 0. The fourth-order valence-electron chi connectivity index (χ4n) is 3.25. The van der Waals surface area contributed by atoms with Crippen molar-refractivity contribution in [3.05, 3.63) is 95.9 Å². The van der Waals surface area contributed by atoms with Crippen molar-refractivity contribution in [3.63, 3.8) is 0 Å². The van der Waals surface area contributed by atoms with Gasteiger partial charge in [0.25, 0.3) is 0 Å². The molecule has 0 saturated heterocycles. The summed E-state index contributed by atoms with van der Waals surface area (Å²) in [4.78, 5) is 13.4. The minimum absolute atomic E-state index is 0.0451. The highest BCUT2D eigenvalue weighted by molar-refractivity contribution is 6.30. The van der Waals surface area contributed by atoms with Crippen LogP contribution in [0.2, 0.25) is 5.02 Å². The first-order valence-electron chi connectivity index (χ1n) is 9.76. The molecule has 0 saturated carbocycles. The molecule has 150 valence electrons. The zero-order valence-electron chi connectivity index (χ0n) is 16.4. The second-order valence-electron chi connectivity index (χ2n) is 7.03. The van der Waals surface area contributed by atoms with Gasteiger partial charge >= 0.3 is 0 Å². The summed E-state index contributed by atoms with van der Waals surface area (Å²) in [6, 6.07) is 21.7. The van der Waals surface area contributed by atoms with Gasteiger partial charge in [-0.1, -0.05) is 54.1 Å². The maximum absolute atomic E-state index is 6.30. The van der Waals surface area contributed by atoms with Gasteiger partial charge in [0.1, 0.15) is 0 Å². The molecule has 0 aliphatic heterocycles. The summed E-state index contributed by atoms with van der Waals surface area (Å²) in [7, 11) is 0. The third-order valence-electron chi connectivity index (χ3n) is 4.76. The van der Waals surface area contributed by atoms with E-state index in [9.17, 15) is 0 Å². The first-order chi connectivity index (χ1) is 14.7. The highest BCUT2D eigenvalue weighted by Gasteiger charge is 2.13. The van der Waals surface area contributed by atoms with Gasteiger partial charge in [-0.25, -0.2) is 9.97 Å². The van der Waals surface area contributed by atoms with Gasteiger partial charge in [0, 0.05) is 47.3 Å². The van der Waals surface area contributed by atoms with Crippen molar-refractivity contribution in [2.45, 2.75) is 12.5 Å². The maximum Gasteiger partial charge on any atom is 0.223 e. The molecule has 0 radical (unpaired) electrons. The van der Waals surface area contributed by atoms with Crippen molar-refractivity contribution in [3.8, 4) is 22.4 Å². The van der Waals surface area contributed by atoms with E-state index >= 15 is 0 Å². The van der Waals surface area contributed by atoms with Crippen LogP contribution in [0.5, 0.6) is 0 Å². The predicted octanol–water partition coefficient (Wildman–Crippen LogP) is 4.84. The van der Waals surface area contributed by atoms with Crippen molar-refractivity contribution < 1.29 is 0 Å². The van der Waals surface area contributed by atoms with Crippen LogP contribution in [0.25, 0.3) is 22.4 Å². The lowest BCUT2D eigenvalue weighted by molar-refractivity contribution is 0.696. The number of halogens is 1. The molecule has 1 atom stereocenters. The first-order valence-corrected chi connectivity index (χ1v) is 10.1. The highest BCUT2D eigenvalue weighted by Crippen LogP contribution is 2.31. The number of nitrogens with one attached hydrogen (secondary N) is 1. The second-order valence-corrected chi connectivity index (χ2v) is 7.47. The summed E-state index contributed by atoms with van der Waals surface area (Å²) in [5, 5.41) is 3.97. The Hall–Kier alpha value is -3.28. The van der Waals surface area contributed by atoms with Gasteiger partial charge in [0.15, 0.2) is 0 Å². The summed E-state index contributed by atoms with van der Waals surface area (Å²) in [6.45, 7) is 0.574. The van der Waals surface area contributed by atoms with Crippen molar-refractivity contribution in [1.29, 1.82) is 0 Å². The Balaban J connectivity index is 1.57. The van der Waals surface area contributed by atoms with Gasteiger partial charge < -0.3 is 11.1 Å². The molecule has 30 heavy (non-hydrogen) atoms. The van der Waals surface area contributed by atoms with Crippen LogP contribution >= 0.6 is 11.6 Å². The van der Waals surface area contributed by atoms with E-state index in [1.807, 2.05) is 60.8 Å². The minimum atomic E-state index is -0.0451. The molecule has 1 unspecified atom stereocenters. The zero-order chi connectivity index (χ0) is 20.8. The largest absolute Gasteiger partial charge is 0.353 e. The molecule has 3 N–H and O–H groups in total. The average Bonchev–Trinajstić information content (AvgIpc) is 2.79. The second kappa shape index (κ2) is 9.48. The van der Waals surface area contributed by atoms with Crippen LogP contribution in [0.1, 0.15) is 5.56 Å². The highest BCUT2D eigenvalue weighted by atomic mass is 35.5. The Morgan fingerprint density at radius 2 is 1.63 bits per heavy atom. The van der Waals surface area contributed by atoms with Gasteiger partial charge in [0.05, 0.1) is 5.69 Å². The molecule has 0 aliphatic carbocycles. The molecule has 0 fully saturated rings. The van der Waals surface area contributed by atoms with Crippen molar-refractivity contribution in [1.82, 2.24) is 15.0 Å². The number of nitrogens with zero attached hydrogens (tertiary/aromatic N) is 3. The number of pyridine rings is 1. The van der Waals surface area contributed by atoms with Crippen molar-refractivity contribution in [2.24, 2.45) is 5.73 Å². The van der Waals surface area contributed by atoms with Gasteiger partial charge in [-0.3, -0.25) is 4.98 Å². The topological polar surface area (TPSA) is 76.7 Å². The summed E-state index contributed by atoms with van der Waals surface area (Å²) in [5.41, 5.74) is 11.2. The summed E-state index contributed by atoms with van der Waals surface area (Å²) in [5.74, 6) is 0.544. The zero-order valence-corrected chi connectivity index (χ0v) is 17.1. The monoisotopic (exact) mass is 415 g/mol. The average molecular weight is 416 g/mol. The fourth-order valence-corrected chi connectivity index (χ4v) is 3.37. The van der Waals surface area contributed by atoms with Crippen LogP contribution < -0.4 is 11.1 Å². The van der Waals surface area contributed by atoms with Gasteiger partial charge in [-0.15, -0.1) is 0 Å². The summed E-state index contributed by atoms with van der Waals surface area (Å²) in [6.07, 6.45) is 6.13. The van der Waals surface area contributed by atoms with Crippen LogP contribution in [0.3, 0.4) is 0 Å². The molecule has 0 spiro atoms. The number of nitrogens with two attached hydrogens (primary N) is 1. The number of hydrogen-bond acceptors (Lipinski definition) is 5. The van der Waals surface area contributed by atoms with Crippen LogP contribution in [0, 0.1) is 0 Å². The van der Waals surface area contributed by atoms with E-state index in [1.54, 1.807) is 12.4 Å². The van der Waals surface area contributed by atoms with Gasteiger partial charge in [0.2, 0.25) is 5.95 Å². The molecule has 2 aromatic heterocycles. The van der Waals surface area contributed by atoms with E-state index in [0.29, 0.717) is 17.5 Å². The molecule has 6 heteroatoms. The van der Waals surface area contributed by atoms with Gasteiger partial charge in [-0.2, -0.15) is 0 Å². The third-order valence-corrected chi connectivity index (χ3v) is 5.01. The van der Waals surface area contributed by atoms with Crippen LogP contribution in [0.15, 0.2) is 85.3 Å². The molecule has 4 rings (SSSR count). The lowest BCUT2D eigenvalue weighted by Gasteiger charge is -2.15. The fraction of sp³-hybridized carbons (Fsp3) is 0.125. The molecule has 0 bridgehead atoms. The van der Waals surface area contributed by atoms with Crippen LogP contribution in [-0.4, -0.2) is 27.5 Å². The Morgan fingerprint density at radius 3 is 2.37 bits per heavy atom. The molecule has 5 nitrogen and oxygen atoms in total. The van der Waals surface area contributed by atoms with E-state index in [2.05, 4.69) is 27.4 Å². The molecule has 4 aromatic rings. The van der Waals surface area contributed by atoms with Gasteiger partial charge in [-0.05, 0) is 41.8 Å². The van der Waals surface area contributed by atoms with Crippen LogP contribution in [0.4, 0.5) is 5.95 Å². The van der Waals surface area contributed by atoms with E-state index in [4.69, 9.17) is 22.3 Å². The molecular formula is C24H22ClN5. The van der Waals surface area contributed by atoms with Crippen LogP contribution in [-0.2, 0) is 6.42 Å². The SMILES string of the molecule is NC(CNc1ncc(-c2ccc(Cl)cc2)c(-c2ccncc2)n1)Cc1ccccc1. The Kier molecular flexibility index (Phi) is 6.32. The normalized spacial score (nSPS) is 11.8. The molecule has 2 heterocycles. The smallest absolute Gasteiger partial charge is 0.223 e. The number of rotatable bonds is 7. The third kappa shape index (κ3) is 5.00. The predicted molar refractivity (Wildman–Crippen MR) is 122 cm³/mol. The molecular weight excluding hydrogens is 394 g/mol. The summed E-state index contributed by atoms with van der Waals surface area (Å²) >= 11 is 6.05.